The van der Waals surface area contributed by atoms with Crippen molar-refractivity contribution in [3.8, 4) is 0 Å². The Morgan fingerprint density at radius 2 is 2.38 bits per heavy atom. The molecule has 1 atom stereocenters. The number of carbonyl (C=O) groups is 1. The maximum Gasteiger partial charge on any atom is 0.326 e. The van der Waals surface area contributed by atoms with E-state index in [9.17, 15) is 4.79 Å². The zero-order chi connectivity index (χ0) is 9.31. The number of carboxylic acid groups (broad SMARTS) is 1. The average molecular weight is 185 g/mol. The van der Waals surface area contributed by atoms with Crippen LogP contribution in [0.25, 0.3) is 0 Å². The number of nitrogens with one attached hydrogen (secondary N) is 1. The van der Waals surface area contributed by atoms with Gasteiger partial charge in [-0.2, -0.15) is 0 Å². The van der Waals surface area contributed by atoms with Crippen LogP contribution < -0.4 is 5.32 Å². The van der Waals surface area contributed by atoms with E-state index in [2.05, 4.69) is 5.32 Å². The summed E-state index contributed by atoms with van der Waals surface area (Å²) in [5.74, 6) is -0.163. The molecule has 0 radical (unpaired) electrons. The Kier molecular flexibility index (Phi) is 2.26. The number of aliphatic carboxylic acids is 1. The first-order valence-electron chi connectivity index (χ1n) is 4.79. The lowest BCUT2D eigenvalue weighted by atomic mass is 9.92. The van der Waals surface area contributed by atoms with Crippen LogP contribution >= 0.6 is 0 Å². The molecule has 0 bridgehead atoms. The first-order valence-corrected chi connectivity index (χ1v) is 4.79. The molecule has 1 heterocycles. The summed E-state index contributed by atoms with van der Waals surface area (Å²) in [6, 6.07) is 0. The predicted octanol–water partition coefficient (Wildman–Crippen LogP) is 0.230. The Balaban J connectivity index is 2.02. The second kappa shape index (κ2) is 3.27. The van der Waals surface area contributed by atoms with Crippen molar-refractivity contribution in [2.24, 2.45) is 5.92 Å². The summed E-state index contributed by atoms with van der Waals surface area (Å²) in [6.07, 6.45) is 3.08. The zero-order valence-electron chi connectivity index (χ0n) is 7.58. The quantitative estimate of drug-likeness (QED) is 0.660. The molecule has 4 heteroatoms. The zero-order valence-corrected chi connectivity index (χ0v) is 7.58. The van der Waals surface area contributed by atoms with Crippen LogP contribution in [0.15, 0.2) is 0 Å². The van der Waals surface area contributed by atoms with Gasteiger partial charge in [-0.3, -0.25) is 10.1 Å². The Morgan fingerprint density at radius 1 is 1.62 bits per heavy atom. The van der Waals surface area contributed by atoms with Crippen LogP contribution in [-0.2, 0) is 9.53 Å². The number of rotatable bonds is 3. The van der Waals surface area contributed by atoms with Crippen molar-refractivity contribution in [1.82, 2.24) is 5.32 Å². The summed E-state index contributed by atoms with van der Waals surface area (Å²) in [4.78, 5) is 11.1. The first-order chi connectivity index (χ1) is 6.23. The molecule has 74 valence electrons. The SMILES string of the molecule is O=C(O)C1(CC2CC2)COCCN1. The van der Waals surface area contributed by atoms with Crippen LogP contribution in [0.5, 0.6) is 0 Å². The molecule has 1 aliphatic heterocycles. The lowest BCUT2D eigenvalue weighted by Crippen LogP contribution is -2.59. The highest BCUT2D eigenvalue weighted by Gasteiger charge is 2.44. The lowest BCUT2D eigenvalue weighted by Gasteiger charge is -2.34. The van der Waals surface area contributed by atoms with Gasteiger partial charge < -0.3 is 9.84 Å². The van der Waals surface area contributed by atoms with E-state index in [0.29, 0.717) is 25.7 Å². The van der Waals surface area contributed by atoms with Crippen LogP contribution in [0.4, 0.5) is 0 Å². The van der Waals surface area contributed by atoms with E-state index < -0.39 is 11.5 Å². The first kappa shape index (κ1) is 8.97. The van der Waals surface area contributed by atoms with E-state index in [1.165, 1.54) is 12.8 Å². The second-order valence-electron chi connectivity index (χ2n) is 4.01. The van der Waals surface area contributed by atoms with Gasteiger partial charge in [-0.1, -0.05) is 12.8 Å². The van der Waals surface area contributed by atoms with Crippen molar-refractivity contribution >= 4 is 5.97 Å². The Labute approximate surface area is 77.3 Å². The standard InChI is InChI=1S/C9H15NO3/c11-8(12)9(5-7-1-2-7)6-13-4-3-10-9/h7,10H,1-6H2,(H,11,12). The minimum absolute atomic E-state index is 0.318. The fraction of sp³-hybridized carbons (Fsp3) is 0.889. The van der Waals surface area contributed by atoms with Crippen LogP contribution in [0.3, 0.4) is 0 Å². The molecule has 2 fully saturated rings. The maximum absolute atomic E-state index is 11.1. The molecule has 2 rings (SSSR count). The topological polar surface area (TPSA) is 58.6 Å². The van der Waals surface area contributed by atoms with E-state index in [1.54, 1.807) is 0 Å². The second-order valence-corrected chi connectivity index (χ2v) is 4.01. The van der Waals surface area contributed by atoms with Gasteiger partial charge in [0, 0.05) is 6.54 Å². The summed E-state index contributed by atoms with van der Waals surface area (Å²) in [5, 5.41) is 12.2. The van der Waals surface area contributed by atoms with Gasteiger partial charge in [0.25, 0.3) is 0 Å². The summed E-state index contributed by atoms with van der Waals surface area (Å²) < 4.78 is 5.23. The highest BCUT2D eigenvalue weighted by atomic mass is 16.5. The molecule has 1 saturated carbocycles. The molecule has 2 N–H and O–H groups in total. The van der Waals surface area contributed by atoms with Crippen molar-refractivity contribution < 1.29 is 14.6 Å². The molecular formula is C9H15NO3. The number of hydrogen-bond acceptors (Lipinski definition) is 3. The van der Waals surface area contributed by atoms with E-state index in [-0.39, 0.29) is 0 Å². The molecular weight excluding hydrogens is 170 g/mol. The fourth-order valence-electron chi connectivity index (χ4n) is 1.83. The Bertz CT molecular complexity index is 207. The van der Waals surface area contributed by atoms with Crippen LogP contribution in [-0.4, -0.2) is 36.4 Å². The summed E-state index contributed by atoms with van der Waals surface area (Å²) >= 11 is 0. The monoisotopic (exact) mass is 185 g/mol. The third-order valence-corrected chi connectivity index (χ3v) is 2.80. The molecule has 1 unspecified atom stereocenters. The largest absolute Gasteiger partial charge is 0.480 e. The summed E-state index contributed by atoms with van der Waals surface area (Å²) in [6.45, 7) is 1.59. The van der Waals surface area contributed by atoms with Crippen LogP contribution in [0.2, 0.25) is 0 Å². The van der Waals surface area contributed by atoms with Gasteiger partial charge in [-0.25, -0.2) is 0 Å². The lowest BCUT2D eigenvalue weighted by molar-refractivity contribution is -0.151. The van der Waals surface area contributed by atoms with Gasteiger partial charge in [0.05, 0.1) is 13.2 Å². The maximum atomic E-state index is 11.1. The summed E-state index contributed by atoms with van der Waals surface area (Å²) in [5.41, 5.74) is -0.792. The number of hydrogen-bond donors (Lipinski definition) is 2. The van der Waals surface area contributed by atoms with Gasteiger partial charge in [-0.15, -0.1) is 0 Å². The Hall–Kier alpha value is -0.610. The molecule has 2 aliphatic rings. The smallest absolute Gasteiger partial charge is 0.326 e. The molecule has 0 aromatic rings. The molecule has 13 heavy (non-hydrogen) atoms. The molecule has 4 nitrogen and oxygen atoms in total. The Morgan fingerprint density at radius 3 is 2.85 bits per heavy atom. The number of carboxylic acids is 1. The van der Waals surface area contributed by atoms with Gasteiger partial charge in [0.2, 0.25) is 0 Å². The third-order valence-electron chi connectivity index (χ3n) is 2.80. The molecule has 1 saturated heterocycles. The molecule has 0 aromatic heterocycles. The molecule has 0 aromatic carbocycles. The van der Waals surface area contributed by atoms with E-state index in [4.69, 9.17) is 9.84 Å². The predicted molar refractivity (Wildman–Crippen MR) is 46.5 cm³/mol. The molecule has 1 aliphatic carbocycles. The van der Waals surface area contributed by atoms with Gasteiger partial charge in [0.15, 0.2) is 0 Å². The van der Waals surface area contributed by atoms with Gasteiger partial charge in [0.1, 0.15) is 5.54 Å². The van der Waals surface area contributed by atoms with Crippen molar-refractivity contribution in [1.29, 1.82) is 0 Å². The minimum atomic E-state index is -0.792. The van der Waals surface area contributed by atoms with E-state index >= 15 is 0 Å². The minimum Gasteiger partial charge on any atom is -0.480 e. The third kappa shape index (κ3) is 1.84. The van der Waals surface area contributed by atoms with Crippen LogP contribution in [0.1, 0.15) is 19.3 Å². The van der Waals surface area contributed by atoms with Gasteiger partial charge >= 0.3 is 5.97 Å². The highest BCUT2D eigenvalue weighted by molar-refractivity contribution is 5.79. The normalized spacial score (nSPS) is 34.5. The number of ether oxygens (including phenoxy) is 1. The van der Waals surface area contributed by atoms with Gasteiger partial charge in [-0.05, 0) is 12.3 Å². The van der Waals surface area contributed by atoms with Crippen molar-refractivity contribution in [3.63, 3.8) is 0 Å². The van der Waals surface area contributed by atoms with Crippen molar-refractivity contribution in [3.05, 3.63) is 0 Å². The highest BCUT2D eigenvalue weighted by Crippen LogP contribution is 2.37. The van der Waals surface area contributed by atoms with E-state index in [0.717, 1.165) is 6.42 Å². The van der Waals surface area contributed by atoms with Crippen LogP contribution in [0, 0.1) is 5.92 Å². The number of morpholine rings is 1. The molecule has 0 spiro atoms. The fourth-order valence-corrected chi connectivity index (χ4v) is 1.83. The van der Waals surface area contributed by atoms with E-state index in [1.807, 2.05) is 0 Å². The molecule has 0 amide bonds. The average Bonchev–Trinajstić information content (AvgIpc) is 2.90. The summed E-state index contributed by atoms with van der Waals surface area (Å²) in [7, 11) is 0. The van der Waals surface area contributed by atoms with Crippen molar-refractivity contribution in [2.75, 3.05) is 19.8 Å². The van der Waals surface area contributed by atoms with Crippen molar-refractivity contribution in [2.45, 2.75) is 24.8 Å².